The van der Waals surface area contributed by atoms with Gasteiger partial charge in [0, 0.05) is 29.2 Å². The number of carbonyl (C=O) groups excluding carboxylic acids is 3. The molecule has 2 aromatic carbocycles. The minimum Gasteiger partial charge on any atom is -0.455 e. The molecular weight excluding hydrogens is 388 g/mol. The first-order chi connectivity index (χ1) is 13.9. The number of nitrogens with zero attached hydrogens (tertiary/aromatic N) is 1. The summed E-state index contributed by atoms with van der Waals surface area (Å²) in [6, 6.07) is 16.2. The van der Waals surface area contributed by atoms with E-state index >= 15 is 0 Å². The number of carbonyl (C=O) groups is 3. The highest BCUT2D eigenvalue weighted by molar-refractivity contribution is 8.00. The van der Waals surface area contributed by atoms with E-state index in [0.29, 0.717) is 24.3 Å². The van der Waals surface area contributed by atoms with Crippen LogP contribution in [0.5, 0.6) is 0 Å². The van der Waals surface area contributed by atoms with Crippen LogP contribution in [0.1, 0.15) is 31.1 Å². The van der Waals surface area contributed by atoms with Crippen LogP contribution in [0.4, 0.5) is 5.69 Å². The average Bonchev–Trinajstić information content (AvgIpc) is 2.73. The van der Waals surface area contributed by atoms with Gasteiger partial charge in [0.2, 0.25) is 0 Å². The van der Waals surface area contributed by atoms with Gasteiger partial charge in [0.05, 0.1) is 0 Å². The molecule has 0 saturated carbocycles. The quantitative estimate of drug-likeness (QED) is 0.499. The van der Waals surface area contributed by atoms with Crippen molar-refractivity contribution in [3.63, 3.8) is 0 Å². The first-order valence-electron chi connectivity index (χ1n) is 9.52. The molecule has 7 heteroatoms. The maximum Gasteiger partial charge on any atom is 0.319 e. The van der Waals surface area contributed by atoms with Gasteiger partial charge in [-0.2, -0.15) is 0 Å². The monoisotopic (exact) mass is 414 g/mol. The Morgan fingerprint density at radius 1 is 1.03 bits per heavy atom. The standard InChI is InChI=1S/C22H26N2O4S/c1-4-24(5-2)21(26)17-10-9-11-18(14-17)23-20(25)15-28-22(27)16(3)29-19-12-7-6-8-13-19/h6-14,16H,4-5,15H2,1-3H3,(H,23,25)/t16-/m1/s1. The average molecular weight is 415 g/mol. The molecule has 0 saturated heterocycles. The summed E-state index contributed by atoms with van der Waals surface area (Å²) in [6.07, 6.45) is 0. The van der Waals surface area contributed by atoms with Crippen molar-refractivity contribution in [3.05, 3.63) is 60.2 Å². The number of esters is 1. The summed E-state index contributed by atoms with van der Waals surface area (Å²) >= 11 is 1.37. The van der Waals surface area contributed by atoms with Gasteiger partial charge < -0.3 is 15.0 Å². The van der Waals surface area contributed by atoms with E-state index in [4.69, 9.17) is 4.74 Å². The number of benzene rings is 2. The van der Waals surface area contributed by atoms with Gasteiger partial charge in [-0.1, -0.05) is 24.3 Å². The molecule has 0 heterocycles. The molecule has 0 unspecified atom stereocenters. The molecule has 6 nitrogen and oxygen atoms in total. The zero-order valence-electron chi connectivity index (χ0n) is 16.9. The number of rotatable bonds is 9. The first kappa shape index (κ1) is 22.5. The highest BCUT2D eigenvalue weighted by atomic mass is 32.2. The van der Waals surface area contributed by atoms with Gasteiger partial charge in [0.1, 0.15) is 5.25 Å². The minimum atomic E-state index is -0.459. The normalized spacial score (nSPS) is 11.4. The molecule has 1 atom stereocenters. The highest BCUT2D eigenvalue weighted by Gasteiger charge is 2.18. The molecule has 2 aromatic rings. The third-order valence-corrected chi connectivity index (χ3v) is 5.27. The number of hydrogen-bond donors (Lipinski definition) is 1. The number of nitrogens with one attached hydrogen (secondary N) is 1. The third kappa shape index (κ3) is 6.94. The zero-order chi connectivity index (χ0) is 21.2. The Bertz CT molecular complexity index is 838. The second-order valence-electron chi connectivity index (χ2n) is 6.29. The van der Waals surface area contributed by atoms with E-state index in [9.17, 15) is 14.4 Å². The Kier molecular flexibility index (Phi) is 8.73. The summed E-state index contributed by atoms with van der Waals surface area (Å²) in [5.41, 5.74) is 0.979. The van der Waals surface area contributed by atoms with Crippen molar-refractivity contribution in [2.24, 2.45) is 0 Å². The fourth-order valence-electron chi connectivity index (χ4n) is 2.63. The maximum absolute atomic E-state index is 12.4. The Morgan fingerprint density at radius 2 is 1.72 bits per heavy atom. The second-order valence-corrected chi connectivity index (χ2v) is 7.70. The summed E-state index contributed by atoms with van der Waals surface area (Å²) in [5, 5.41) is 2.23. The van der Waals surface area contributed by atoms with E-state index in [1.54, 1.807) is 36.1 Å². The zero-order valence-corrected chi connectivity index (χ0v) is 17.7. The van der Waals surface area contributed by atoms with Gasteiger partial charge in [0.15, 0.2) is 6.61 Å². The molecule has 0 aliphatic rings. The molecule has 1 N–H and O–H groups in total. The van der Waals surface area contributed by atoms with E-state index < -0.39 is 17.1 Å². The van der Waals surface area contributed by atoms with Crippen LogP contribution in [-0.2, 0) is 14.3 Å². The Balaban J connectivity index is 1.86. The van der Waals surface area contributed by atoms with Crippen molar-refractivity contribution in [2.45, 2.75) is 30.9 Å². The van der Waals surface area contributed by atoms with Crippen molar-refractivity contribution in [1.29, 1.82) is 0 Å². The minimum absolute atomic E-state index is 0.0933. The lowest BCUT2D eigenvalue weighted by atomic mass is 10.1. The van der Waals surface area contributed by atoms with E-state index in [1.165, 1.54) is 11.8 Å². The van der Waals surface area contributed by atoms with Crippen LogP contribution in [0, 0.1) is 0 Å². The van der Waals surface area contributed by atoms with Crippen LogP contribution >= 0.6 is 11.8 Å². The molecule has 0 aromatic heterocycles. The molecule has 0 aliphatic heterocycles. The number of anilines is 1. The number of amides is 2. The van der Waals surface area contributed by atoms with Crippen LogP contribution in [0.25, 0.3) is 0 Å². The lowest BCUT2D eigenvalue weighted by Gasteiger charge is -2.19. The van der Waals surface area contributed by atoms with Crippen molar-refractivity contribution in [1.82, 2.24) is 4.90 Å². The lowest BCUT2D eigenvalue weighted by Crippen LogP contribution is -2.30. The van der Waals surface area contributed by atoms with Crippen molar-refractivity contribution >= 4 is 35.2 Å². The van der Waals surface area contributed by atoms with E-state index in [0.717, 1.165) is 4.90 Å². The van der Waals surface area contributed by atoms with Crippen molar-refractivity contribution in [3.8, 4) is 0 Å². The van der Waals surface area contributed by atoms with Gasteiger partial charge in [-0.3, -0.25) is 14.4 Å². The topological polar surface area (TPSA) is 75.7 Å². The van der Waals surface area contributed by atoms with Crippen molar-refractivity contribution < 1.29 is 19.1 Å². The third-order valence-electron chi connectivity index (χ3n) is 4.18. The van der Waals surface area contributed by atoms with E-state index in [2.05, 4.69) is 5.32 Å². The summed E-state index contributed by atoms with van der Waals surface area (Å²) in [5.74, 6) is -1.01. The smallest absolute Gasteiger partial charge is 0.319 e. The largest absolute Gasteiger partial charge is 0.455 e. The van der Waals surface area contributed by atoms with E-state index in [-0.39, 0.29) is 12.5 Å². The van der Waals surface area contributed by atoms with Crippen molar-refractivity contribution in [2.75, 3.05) is 25.0 Å². The predicted molar refractivity (Wildman–Crippen MR) is 115 cm³/mol. The summed E-state index contributed by atoms with van der Waals surface area (Å²) in [6.45, 7) is 6.41. The fourth-order valence-corrected chi connectivity index (χ4v) is 3.51. The Labute approximate surface area is 175 Å². The summed E-state index contributed by atoms with van der Waals surface area (Å²) in [4.78, 5) is 39.3. The molecule has 0 aliphatic carbocycles. The molecule has 154 valence electrons. The first-order valence-corrected chi connectivity index (χ1v) is 10.4. The van der Waals surface area contributed by atoms with Crippen LogP contribution in [0.3, 0.4) is 0 Å². The number of hydrogen-bond acceptors (Lipinski definition) is 5. The van der Waals surface area contributed by atoms with Crippen LogP contribution in [0.15, 0.2) is 59.5 Å². The molecule has 0 fully saturated rings. The number of ether oxygens (including phenoxy) is 1. The Morgan fingerprint density at radius 3 is 2.38 bits per heavy atom. The Hall–Kier alpha value is -2.80. The second kappa shape index (κ2) is 11.3. The molecule has 0 bridgehead atoms. The fraction of sp³-hybridized carbons (Fsp3) is 0.318. The maximum atomic E-state index is 12.4. The number of thioether (sulfide) groups is 1. The lowest BCUT2D eigenvalue weighted by molar-refractivity contribution is -0.146. The summed E-state index contributed by atoms with van der Waals surface area (Å²) in [7, 11) is 0. The molecule has 2 amide bonds. The van der Waals surface area contributed by atoms with E-state index in [1.807, 2.05) is 44.2 Å². The van der Waals surface area contributed by atoms with Crippen LogP contribution in [0.2, 0.25) is 0 Å². The van der Waals surface area contributed by atoms with Crippen LogP contribution < -0.4 is 5.32 Å². The SMILES string of the molecule is CCN(CC)C(=O)c1cccc(NC(=O)COC(=O)[C@@H](C)Sc2ccccc2)c1. The van der Waals surface area contributed by atoms with Gasteiger partial charge in [-0.25, -0.2) is 0 Å². The molecule has 29 heavy (non-hydrogen) atoms. The predicted octanol–water partition coefficient (Wildman–Crippen LogP) is 3.83. The van der Waals surface area contributed by atoms with Gasteiger partial charge in [-0.15, -0.1) is 11.8 Å². The van der Waals surface area contributed by atoms with Gasteiger partial charge >= 0.3 is 5.97 Å². The summed E-state index contributed by atoms with van der Waals surface area (Å²) < 4.78 is 5.11. The van der Waals surface area contributed by atoms with Gasteiger partial charge in [-0.05, 0) is 51.1 Å². The van der Waals surface area contributed by atoms with Crippen LogP contribution in [-0.4, -0.2) is 47.6 Å². The molecule has 0 radical (unpaired) electrons. The van der Waals surface area contributed by atoms with Gasteiger partial charge in [0.25, 0.3) is 11.8 Å². The molecular formula is C22H26N2O4S. The molecule has 0 spiro atoms. The highest BCUT2D eigenvalue weighted by Crippen LogP contribution is 2.23. The molecule has 2 rings (SSSR count).